The Hall–Kier alpha value is -1.61. The molecule has 1 aromatic carbocycles. The molecule has 3 rings (SSSR count). The molecule has 1 aliphatic carbocycles. The Labute approximate surface area is 114 Å². The fourth-order valence-electron chi connectivity index (χ4n) is 2.37. The Bertz CT molecular complexity index is 564. The predicted molar refractivity (Wildman–Crippen MR) is 77.3 cm³/mol. The maximum absolute atomic E-state index is 5.81. The molecular weight excluding hydrogens is 236 g/mol. The van der Waals surface area contributed by atoms with Crippen LogP contribution in [0.25, 0.3) is 10.9 Å². The molecule has 1 aromatic heterocycles. The summed E-state index contributed by atoms with van der Waals surface area (Å²) < 4.78 is 5.81. The molecule has 0 spiro atoms. The van der Waals surface area contributed by atoms with Crippen molar-refractivity contribution in [1.82, 2.24) is 10.3 Å². The highest BCUT2D eigenvalue weighted by atomic mass is 16.5. The highest BCUT2D eigenvalue weighted by molar-refractivity contribution is 5.82. The molecule has 1 aliphatic rings. The van der Waals surface area contributed by atoms with Crippen LogP contribution >= 0.6 is 0 Å². The van der Waals surface area contributed by atoms with Crippen molar-refractivity contribution in [3.63, 3.8) is 0 Å². The standard InChI is InChI=1S/C16H20N2O/c1-17-11-13-10-16(19-9-8-12-6-7-12)18-15-5-3-2-4-14(13)15/h2-5,10,12,17H,6-9,11H2,1H3. The van der Waals surface area contributed by atoms with E-state index in [4.69, 9.17) is 4.74 Å². The number of fused-ring (bicyclic) bond motifs is 1. The summed E-state index contributed by atoms with van der Waals surface area (Å²) >= 11 is 0. The second-order valence-corrected chi connectivity index (χ2v) is 5.25. The summed E-state index contributed by atoms with van der Waals surface area (Å²) in [6.07, 6.45) is 3.91. The lowest BCUT2D eigenvalue weighted by molar-refractivity contribution is 0.292. The molecule has 0 aliphatic heterocycles. The number of nitrogens with zero attached hydrogens (tertiary/aromatic N) is 1. The third-order valence-corrected chi connectivity index (χ3v) is 3.62. The van der Waals surface area contributed by atoms with Crippen LogP contribution in [0.2, 0.25) is 0 Å². The normalized spacial score (nSPS) is 14.8. The molecule has 3 nitrogen and oxygen atoms in total. The summed E-state index contributed by atoms with van der Waals surface area (Å²) in [5, 5.41) is 4.40. The second kappa shape index (κ2) is 5.57. The van der Waals surface area contributed by atoms with Gasteiger partial charge in [0.2, 0.25) is 5.88 Å². The first-order valence-corrected chi connectivity index (χ1v) is 7.03. The van der Waals surface area contributed by atoms with E-state index in [2.05, 4.69) is 28.5 Å². The lowest BCUT2D eigenvalue weighted by atomic mass is 10.1. The van der Waals surface area contributed by atoms with Crippen LogP contribution < -0.4 is 10.1 Å². The number of hydrogen-bond donors (Lipinski definition) is 1. The zero-order chi connectivity index (χ0) is 13.1. The van der Waals surface area contributed by atoms with Crippen molar-refractivity contribution in [3.05, 3.63) is 35.9 Å². The molecule has 0 radical (unpaired) electrons. The van der Waals surface area contributed by atoms with Crippen molar-refractivity contribution in [1.29, 1.82) is 0 Å². The van der Waals surface area contributed by atoms with E-state index in [9.17, 15) is 0 Å². The minimum absolute atomic E-state index is 0.754. The van der Waals surface area contributed by atoms with E-state index in [0.29, 0.717) is 0 Å². The second-order valence-electron chi connectivity index (χ2n) is 5.25. The third-order valence-electron chi connectivity index (χ3n) is 3.62. The first kappa shape index (κ1) is 12.4. The molecule has 100 valence electrons. The maximum Gasteiger partial charge on any atom is 0.214 e. The van der Waals surface area contributed by atoms with Crippen LogP contribution in [0.4, 0.5) is 0 Å². The van der Waals surface area contributed by atoms with E-state index in [1.807, 2.05) is 19.2 Å². The smallest absolute Gasteiger partial charge is 0.214 e. The molecule has 3 heteroatoms. The van der Waals surface area contributed by atoms with Crippen molar-refractivity contribution in [2.45, 2.75) is 25.8 Å². The van der Waals surface area contributed by atoms with E-state index >= 15 is 0 Å². The zero-order valence-corrected chi connectivity index (χ0v) is 11.4. The van der Waals surface area contributed by atoms with Crippen LogP contribution in [0.1, 0.15) is 24.8 Å². The number of para-hydroxylation sites is 1. The SMILES string of the molecule is CNCc1cc(OCCC2CC2)nc2ccccc12. The fraction of sp³-hybridized carbons (Fsp3) is 0.438. The monoisotopic (exact) mass is 256 g/mol. The summed E-state index contributed by atoms with van der Waals surface area (Å²) in [6.45, 7) is 1.62. The van der Waals surface area contributed by atoms with Crippen molar-refractivity contribution in [2.24, 2.45) is 5.92 Å². The minimum atomic E-state index is 0.754. The van der Waals surface area contributed by atoms with Crippen molar-refractivity contribution < 1.29 is 4.74 Å². The number of hydrogen-bond acceptors (Lipinski definition) is 3. The number of benzene rings is 1. The molecule has 0 bridgehead atoms. The number of ether oxygens (including phenoxy) is 1. The maximum atomic E-state index is 5.81. The van der Waals surface area contributed by atoms with Crippen LogP contribution in [0.15, 0.2) is 30.3 Å². The van der Waals surface area contributed by atoms with Gasteiger partial charge in [-0.1, -0.05) is 31.0 Å². The van der Waals surface area contributed by atoms with Crippen LogP contribution in [-0.2, 0) is 6.54 Å². The molecule has 2 aromatic rings. The number of pyridine rings is 1. The van der Waals surface area contributed by atoms with Gasteiger partial charge >= 0.3 is 0 Å². The van der Waals surface area contributed by atoms with E-state index in [1.165, 1.54) is 23.8 Å². The molecule has 0 amide bonds. The van der Waals surface area contributed by atoms with Crippen LogP contribution in [0.5, 0.6) is 5.88 Å². The number of aromatic nitrogens is 1. The topological polar surface area (TPSA) is 34.1 Å². The van der Waals surface area contributed by atoms with Gasteiger partial charge in [0.1, 0.15) is 0 Å². The van der Waals surface area contributed by atoms with Crippen molar-refractivity contribution >= 4 is 10.9 Å². The molecule has 1 saturated carbocycles. The van der Waals surface area contributed by atoms with Gasteiger partial charge in [0.15, 0.2) is 0 Å². The van der Waals surface area contributed by atoms with Gasteiger partial charge in [0, 0.05) is 18.0 Å². The summed E-state index contributed by atoms with van der Waals surface area (Å²) in [5.74, 6) is 1.65. The average Bonchev–Trinajstić information content (AvgIpc) is 3.23. The fourth-order valence-corrected chi connectivity index (χ4v) is 2.37. The zero-order valence-electron chi connectivity index (χ0n) is 11.4. The lowest BCUT2D eigenvalue weighted by Crippen LogP contribution is -2.07. The Balaban J connectivity index is 1.82. The van der Waals surface area contributed by atoms with Crippen LogP contribution in [-0.4, -0.2) is 18.6 Å². The lowest BCUT2D eigenvalue weighted by Gasteiger charge is -2.10. The molecular formula is C16H20N2O. The third kappa shape index (κ3) is 3.04. The largest absolute Gasteiger partial charge is 0.478 e. The van der Waals surface area contributed by atoms with Gasteiger partial charge in [-0.05, 0) is 31.0 Å². The average molecular weight is 256 g/mol. The van der Waals surface area contributed by atoms with Gasteiger partial charge in [0.25, 0.3) is 0 Å². The Morgan fingerprint density at radius 2 is 2.16 bits per heavy atom. The molecule has 1 heterocycles. The predicted octanol–water partition coefficient (Wildman–Crippen LogP) is 3.13. The van der Waals surface area contributed by atoms with Gasteiger partial charge < -0.3 is 10.1 Å². The minimum Gasteiger partial charge on any atom is -0.478 e. The van der Waals surface area contributed by atoms with Gasteiger partial charge in [-0.15, -0.1) is 0 Å². The van der Waals surface area contributed by atoms with Crippen molar-refractivity contribution in [2.75, 3.05) is 13.7 Å². The van der Waals surface area contributed by atoms with Crippen LogP contribution in [0.3, 0.4) is 0 Å². The van der Waals surface area contributed by atoms with Gasteiger partial charge in [-0.25, -0.2) is 4.98 Å². The summed E-state index contributed by atoms with van der Waals surface area (Å²) in [6, 6.07) is 10.3. The molecule has 0 atom stereocenters. The molecule has 19 heavy (non-hydrogen) atoms. The Kier molecular flexibility index (Phi) is 3.65. The van der Waals surface area contributed by atoms with Gasteiger partial charge in [0.05, 0.1) is 12.1 Å². The van der Waals surface area contributed by atoms with Crippen LogP contribution in [0, 0.1) is 5.92 Å². The highest BCUT2D eigenvalue weighted by Gasteiger charge is 2.20. The quantitative estimate of drug-likeness (QED) is 0.862. The molecule has 1 N–H and O–H groups in total. The molecule has 0 saturated heterocycles. The van der Waals surface area contributed by atoms with Crippen molar-refractivity contribution in [3.8, 4) is 5.88 Å². The molecule has 0 unspecified atom stereocenters. The van der Waals surface area contributed by atoms with Gasteiger partial charge in [-0.2, -0.15) is 0 Å². The van der Waals surface area contributed by atoms with E-state index in [1.54, 1.807) is 0 Å². The highest BCUT2D eigenvalue weighted by Crippen LogP contribution is 2.32. The van der Waals surface area contributed by atoms with E-state index < -0.39 is 0 Å². The Morgan fingerprint density at radius 1 is 1.32 bits per heavy atom. The van der Waals surface area contributed by atoms with E-state index in [0.717, 1.165) is 36.9 Å². The molecule has 1 fully saturated rings. The first-order valence-electron chi connectivity index (χ1n) is 7.03. The summed E-state index contributed by atoms with van der Waals surface area (Å²) in [4.78, 5) is 4.59. The number of nitrogens with one attached hydrogen (secondary N) is 1. The summed E-state index contributed by atoms with van der Waals surface area (Å²) in [7, 11) is 1.96. The van der Waals surface area contributed by atoms with E-state index in [-0.39, 0.29) is 0 Å². The van der Waals surface area contributed by atoms with Gasteiger partial charge in [-0.3, -0.25) is 0 Å². The summed E-state index contributed by atoms with van der Waals surface area (Å²) in [5.41, 5.74) is 2.26. The Morgan fingerprint density at radius 3 is 2.95 bits per heavy atom. The first-order chi connectivity index (χ1) is 9.36. The number of rotatable bonds is 6.